The SMILES string of the molecule is CC(C(C)C(C)n1nc2ccccc2n1)C(C)n1nc2ccccc2n1. The zero-order valence-electron chi connectivity index (χ0n) is 15.6. The highest BCUT2D eigenvalue weighted by Gasteiger charge is 2.28. The summed E-state index contributed by atoms with van der Waals surface area (Å²) in [5.41, 5.74) is 3.75. The lowest BCUT2D eigenvalue weighted by Crippen LogP contribution is -2.28. The number of hydrogen-bond donors (Lipinski definition) is 0. The predicted molar refractivity (Wildman–Crippen MR) is 103 cm³/mol. The fourth-order valence-electron chi connectivity index (χ4n) is 3.42. The molecule has 2 aromatic heterocycles. The lowest BCUT2D eigenvalue weighted by Gasteiger charge is -2.29. The van der Waals surface area contributed by atoms with Crippen molar-refractivity contribution < 1.29 is 0 Å². The van der Waals surface area contributed by atoms with Crippen LogP contribution in [0.3, 0.4) is 0 Å². The van der Waals surface area contributed by atoms with Crippen LogP contribution in [-0.2, 0) is 0 Å². The van der Waals surface area contributed by atoms with Gasteiger partial charge in [-0.25, -0.2) is 0 Å². The Labute approximate surface area is 152 Å². The molecule has 6 heteroatoms. The van der Waals surface area contributed by atoms with E-state index in [9.17, 15) is 0 Å². The van der Waals surface area contributed by atoms with Gasteiger partial charge in [-0.05, 0) is 49.9 Å². The summed E-state index contributed by atoms with van der Waals surface area (Å²) in [6.07, 6.45) is 0. The number of aromatic nitrogens is 6. The van der Waals surface area contributed by atoms with Gasteiger partial charge < -0.3 is 0 Å². The Balaban J connectivity index is 1.56. The van der Waals surface area contributed by atoms with Gasteiger partial charge in [0, 0.05) is 0 Å². The van der Waals surface area contributed by atoms with Gasteiger partial charge in [-0.15, -0.1) is 0 Å². The molecule has 6 nitrogen and oxygen atoms in total. The van der Waals surface area contributed by atoms with Gasteiger partial charge in [-0.3, -0.25) is 0 Å². The van der Waals surface area contributed by atoms with Crippen molar-refractivity contribution in [3.05, 3.63) is 48.5 Å². The molecule has 0 aliphatic carbocycles. The molecule has 0 fully saturated rings. The van der Waals surface area contributed by atoms with Crippen LogP contribution in [0.5, 0.6) is 0 Å². The van der Waals surface area contributed by atoms with Crippen LogP contribution >= 0.6 is 0 Å². The Bertz CT molecular complexity index is 883. The number of benzene rings is 2. The molecule has 4 unspecified atom stereocenters. The highest BCUT2D eigenvalue weighted by atomic mass is 15.5. The quantitative estimate of drug-likeness (QED) is 0.540. The van der Waals surface area contributed by atoms with E-state index in [2.05, 4.69) is 48.1 Å². The van der Waals surface area contributed by atoms with Crippen molar-refractivity contribution in [1.82, 2.24) is 30.0 Å². The first-order valence-electron chi connectivity index (χ1n) is 9.17. The molecular formula is C20H24N6. The van der Waals surface area contributed by atoms with Gasteiger partial charge in [-0.1, -0.05) is 38.1 Å². The minimum Gasteiger partial charge on any atom is -0.181 e. The van der Waals surface area contributed by atoms with E-state index in [1.165, 1.54) is 0 Å². The monoisotopic (exact) mass is 348 g/mol. The molecule has 0 N–H and O–H groups in total. The van der Waals surface area contributed by atoms with Gasteiger partial charge in [0.2, 0.25) is 0 Å². The number of nitrogens with zero attached hydrogens (tertiary/aromatic N) is 6. The maximum Gasteiger partial charge on any atom is 0.113 e. The van der Waals surface area contributed by atoms with E-state index in [0.29, 0.717) is 11.8 Å². The standard InChI is InChI=1S/C20H24N6/c1-13(15(3)25-21-17-9-5-6-10-18(17)22-25)14(2)16(4)26-23-19-11-7-8-12-20(19)24-26/h5-16H,1-4H3. The van der Waals surface area contributed by atoms with Crippen LogP contribution < -0.4 is 0 Å². The molecule has 0 aliphatic heterocycles. The van der Waals surface area contributed by atoms with Crippen LogP contribution in [-0.4, -0.2) is 30.0 Å². The lowest BCUT2D eigenvalue weighted by molar-refractivity contribution is 0.180. The molecule has 26 heavy (non-hydrogen) atoms. The van der Waals surface area contributed by atoms with Gasteiger partial charge in [0.05, 0.1) is 12.1 Å². The molecule has 2 aromatic carbocycles. The maximum atomic E-state index is 4.65. The number of rotatable bonds is 5. The predicted octanol–water partition coefficient (Wildman–Crippen LogP) is 4.27. The Morgan fingerprint density at radius 3 is 1.08 bits per heavy atom. The van der Waals surface area contributed by atoms with Crippen LogP contribution in [0.4, 0.5) is 0 Å². The van der Waals surface area contributed by atoms with Crippen LogP contribution in [0.25, 0.3) is 22.1 Å². The van der Waals surface area contributed by atoms with Gasteiger partial charge >= 0.3 is 0 Å². The third-order valence-electron chi connectivity index (χ3n) is 5.68. The second-order valence-electron chi connectivity index (χ2n) is 7.22. The molecule has 0 saturated carbocycles. The van der Waals surface area contributed by atoms with Gasteiger partial charge in [0.1, 0.15) is 22.1 Å². The smallest absolute Gasteiger partial charge is 0.113 e. The molecule has 0 radical (unpaired) electrons. The van der Waals surface area contributed by atoms with Crippen LogP contribution in [0, 0.1) is 11.8 Å². The Morgan fingerprint density at radius 1 is 0.538 bits per heavy atom. The summed E-state index contributed by atoms with van der Waals surface area (Å²) in [5.74, 6) is 0.724. The average Bonchev–Trinajstić information content (AvgIpc) is 3.29. The van der Waals surface area contributed by atoms with Crippen molar-refractivity contribution in [2.75, 3.05) is 0 Å². The van der Waals surface area contributed by atoms with E-state index in [4.69, 9.17) is 0 Å². The van der Waals surface area contributed by atoms with Crippen molar-refractivity contribution in [2.45, 2.75) is 39.8 Å². The highest BCUT2D eigenvalue weighted by Crippen LogP contribution is 2.32. The third-order valence-corrected chi connectivity index (χ3v) is 5.68. The summed E-state index contributed by atoms with van der Waals surface area (Å²) in [6, 6.07) is 16.4. The minimum atomic E-state index is 0.185. The topological polar surface area (TPSA) is 61.4 Å². The Hall–Kier alpha value is -2.76. The summed E-state index contributed by atoms with van der Waals surface area (Å²) in [6.45, 7) is 8.87. The molecule has 4 rings (SSSR count). The van der Waals surface area contributed by atoms with Crippen LogP contribution in [0.15, 0.2) is 48.5 Å². The van der Waals surface area contributed by atoms with E-state index in [0.717, 1.165) is 22.1 Å². The van der Waals surface area contributed by atoms with E-state index < -0.39 is 0 Å². The first-order valence-corrected chi connectivity index (χ1v) is 9.17. The maximum absolute atomic E-state index is 4.65. The zero-order chi connectivity index (χ0) is 18.3. The molecule has 134 valence electrons. The van der Waals surface area contributed by atoms with Gasteiger partial charge in [0.15, 0.2) is 0 Å². The van der Waals surface area contributed by atoms with E-state index in [1.807, 2.05) is 58.1 Å². The Kier molecular flexibility index (Phi) is 4.18. The normalized spacial score (nSPS) is 16.6. The van der Waals surface area contributed by atoms with Crippen molar-refractivity contribution in [3.63, 3.8) is 0 Å². The largest absolute Gasteiger partial charge is 0.181 e. The summed E-state index contributed by atoms with van der Waals surface area (Å²) >= 11 is 0. The summed E-state index contributed by atoms with van der Waals surface area (Å²) in [5, 5.41) is 18.6. The zero-order valence-corrected chi connectivity index (χ0v) is 15.6. The molecule has 0 saturated heterocycles. The van der Waals surface area contributed by atoms with Crippen molar-refractivity contribution in [2.24, 2.45) is 11.8 Å². The average molecular weight is 348 g/mol. The van der Waals surface area contributed by atoms with Crippen LogP contribution in [0.1, 0.15) is 39.8 Å². The third kappa shape index (κ3) is 2.85. The van der Waals surface area contributed by atoms with Gasteiger partial charge in [0.25, 0.3) is 0 Å². The second kappa shape index (κ2) is 6.52. The molecule has 4 aromatic rings. The first-order chi connectivity index (χ1) is 12.5. The minimum absolute atomic E-state index is 0.185. The first kappa shape index (κ1) is 16.7. The summed E-state index contributed by atoms with van der Waals surface area (Å²) < 4.78 is 0. The summed E-state index contributed by atoms with van der Waals surface area (Å²) in [4.78, 5) is 3.71. The van der Waals surface area contributed by atoms with Crippen LogP contribution in [0.2, 0.25) is 0 Å². The molecule has 2 heterocycles. The fraction of sp³-hybridized carbons (Fsp3) is 0.400. The van der Waals surface area contributed by atoms with Gasteiger partial charge in [-0.2, -0.15) is 30.0 Å². The highest BCUT2D eigenvalue weighted by molar-refractivity contribution is 5.73. The molecule has 0 bridgehead atoms. The van der Waals surface area contributed by atoms with E-state index in [-0.39, 0.29) is 12.1 Å². The second-order valence-corrected chi connectivity index (χ2v) is 7.22. The number of hydrogen-bond acceptors (Lipinski definition) is 4. The summed E-state index contributed by atoms with van der Waals surface area (Å²) in [7, 11) is 0. The molecule has 0 aliphatic rings. The fourth-order valence-corrected chi connectivity index (χ4v) is 3.42. The lowest BCUT2D eigenvalue weighted by atomic mass is 9.85. The molecular weight excluding hydrogens is 324 g/mol. The van der Waals surface area contributed by atoms with E-state index >= 15 is 0 Å². The van der Waals surface area contributed by atoms with Crippen molar-refractivity contribution in [3.8, 4) is 0 Å². The van der Waals surface area contributed by atoms with Crippen molar-refractivity contribution in [1.29, 1.82) is 0 Å². The van der Waals surface area contributed by atoms with E-state index in [1.54, 1.807) is 0 Å². The molecule has 4 atom stereocenters. The Morgan fingerprint density at radius 2 is 0.808 bits per heavy atom. The van der Waals surface area contributed by atoms with Crippen molar-refractivity contribution >= 4 is 22.1 Å². The molecule has 0 spiro atoms. The molecule has 0 amide bonds. The number of fused-ring (bicyclic) bond motifs is 2.